The molecule has 2 rings (SSSR count). The van der Waals surface area contributed by atoms with Crippen LogP contribution in [-0.4, -0.2) is 49.6 Å². The summed E-state index contributed by atoms with van der Waals surface area (Å²) in [5, 5.41) is 0.745. The van der Waals surface area contributed by atoms with Crippen molar-refractivity contribution in [1.82, 2.24) is 4.90 Å². The SMILES string of the molecule is NC(=O)C(N)CN1CCN(c2ccc(Cl)cc2)CC1. The van der Waals surface area contributed by atoms with Crippen molar-refractivity contribution >= 4 is 23.2 Å². The van der Waals surface area contributed by atoms with E-state index in [1.165, 1.54) is 5.69 Å². The van der Waals surface area contributed by atoms with Crippen molar-refractivity contribution in [3.05, 3.63) is 29.3 Å². The summed E-state index contributed by atoms with van der Waals surface area (Å²) in [7, 11) is 0. The van der Waals surface area contributed by atoms with E-state index in [0.29, 0.717) is 6.54 Å². The van der Waals surface area contributed by atoms with Crippen LogP contribution in [0.25, 0.3) is 0 Å². The summed E-state index contributed by atoms with van der Waals surface area (Å²) in [6.45, 7) is 4.11. The summed E-state index contributed by atoms with van der Waals surface area (Å²) < 4.78 is 0. The fraction of sp³-hybridized carbons (Fsp3) is 0.462. The molecule has 1 unspecified atom stereocenters. The maximum Gasteiger partial charge on any atom is 0.235 e. The van der Waals surface area contributed by atoms with E-state index >= 15 is 0 Å². The zero-order valence-corrected chi connectivity index (χ0v) is 11.5. The van der Waals surface area contributed by atoms with Crippen molar-refractivity contribution in [2.24, 2.45) is 11.5 Å². The third kappa shape index (κ3) is 3.83. The first-order valence-electron chi connectivity index (χ1n) is 6.34. The number of primary amides is 1. The molecule has 6 heteroatoms. The molecule has 0 bridgehead atoms. The third-order valence-electron chi connectivity index (χ3n) is 3.38. The van der Waals surface area contributed by atoms with Gasteiger partial charge in [0.1, 0.15) is 0 Å². The molecule has 1 heterocycles. The van der Waals surface area contributed by atoms with Gasteiger partial charge in [0, 0.05) is 43.4 Å². The molecule has 0 radical (unpaired) electrons. The second-order valence-corrected chi connectivity index (χ2v) is 5.21. The lowest BCUT2D eigenvalue weighted by Gasteiger charge is -2.36. The van der Waals surface area contributed by atoms with Crippen molar-refractivity contribution < 1.29 is 4.79 Å². The van der Waals surface area contributed by atoms with Gasteiger partial charge in [-0.15, -0.1) is 0 Å². The average molecular weight is 283 g/mol. The van der Waals surface area contributed by atoms with Gasteiger partial charge < -0.3 is 16.4 Å². The number of carbonyl (C=O) groups is 1. The summed E-state index contributed by atoms with van der Waals surface area (Å²) in [4.78, 5) is 15.4. The highest BCUT2D eigenvalue weighted by molar-refractivity contribution is 6.30. The van der Waals surface area contributed by atoms with Gasteiger partial charge in [-0.1, -0.05) is 11.6 Å². The molecule has 1 aromatic carbocycles. The van der Waals surface area contributed by atoms with Crippen LogP contribution in [0.5, 0.6) is 0 Å². The van der Waals surface area contributed by atoms with Gasteiger partial charge in [-0.3, -0.25) is 9.69 Å². The minimum Gasteiger partial charge on any atom is -0.369 e. The second-order valence-electron chi connectivity index (χ2n) is 4.77. The Morgan fingerprint density at radius 2 is 1.79 bits per heavy atom. The number of nitrogens with zero attached hydrogens (tertiary/aromatic N) is 2. The zero-order valence-electron chi connectivity index (χ0n) is 10.8. The molecular weight excluding hydrogens is 264 g/mol. The van der Waals surface area contributed by atoms with E-state index in [0.717, 1.165) is 31.2 Å². The number of piperazine rings is 1. The number of carbonyl (C=O) groups excluding carboxylic acids is 1. The first-order valence-corrected chi connectivity index (χ1v) is 6.72. The molecule has 1 aromatic rings. The fourth-order valence-electron chi connectivity index (χ4n) is 2.21. The highest BCUT2D eigenvalue weighted by Gasteiger charge is 2.20. The number of hydrogen-bond acceptors (Lipinski definition) is 4. The summed E-state index contributed by atoms with van der Waals surface area (Å²) in [5.41, 5.74) is 12.0. The molecule has 1 aliphatic rings. The highest BCUT2D eigenvalue weighted by Crippen LogP contribution is 2.19. The second kappa shape index (κ2) is 6.23. The predicted octanol–water partition coefficient (Wildman–Crippen LogP) is 0.275. The van der Waals surface area contributed by atoms with Crippen LogP contribution in [0.2, 0.25) is 5.02 Å². The van der Waals surface area contributed by atoms with E-state index in [1.807, 2.05) is 24.3 Å². The van der Waals surface area contributed by atoms with Crippen LogP contribution in [0.3, 0.4) is 0 Å². The van der Waals surface area contributed by atoms with Gasteiger partial charge in [-0.05, 0) is 24.3 Å². The first-order chi connectivity index (χ1) is 9.06. The standard InChI is InChI=1S/C13H19ClN4O/c14-10-1-3-11(4-2-10)18-7-5-17(6-8-18)9-12(15)13(16)19/h1-4,12H,5-9,15H2,(H2,16,19). The zero-order chi connectivity index (χ0) is 13.8. The molecular formula is C13H19ClN4O. The summed E-state index contributed by atoms with van der Waals surface area (Å²) in [5.74, 6) is -0.444. The quantitative estimate of drug-likeness (QED) is 0.831. The molecule has 104 valence electrons. The number of benzene rings is 1. The van der Waals surface area contributed by atoms with Crippen molar-refractivity contribution in [3.8, 4) is 0 Å². The molecule has 0 saturated carbocycles. The summed E-state index contributed by atoms with van der Waals surface area (Å²) in [6, 6.07) is 7.25. The number of rotatable bonds is 4. The van der Waals surface area contributed by atoms with Gasteiger partial charge in [0.05, 0.1) is 6.04 Å². The molecule has 0 aromatic heterocycles. The molecule has 19 heavy (non-hydrogen) atoms. The maximum atomic E-state index is 10.9. The van der Waals surface area contributed by atoms with E-state index in [-0.39, 0.29) is 0 Å². The Hall–Kier alpha value is -1.30. The number of hydrogen-bond donors (Lipinski definition) is 2. The number of nitrogens with two attached hydrogens (primary N) is 2. The van der Waals surface area contributed by atoms with Crippen LogP contribution < -0.4 is 16.4 Å². The van der Waals surface area contributed by atoms with Gasteiger partial charge in [-0.25, -0.2) is 0 Å². The molecule has 1 atom stereocenters. The number of halogens is 1. The lowest BCUT2D eigenvalue weighted by molar-refractivity contribution is -0.119. The summed E-state index contributed by atoms with van der Waals surface area (Å²) >= 11 is 5.88. The Morgan fingerprint density at radius 1 is 1.21 bits per heavy atom. The van der Waals surface area contributed by atoms with Gasteiger partial charge in [-0.2, -0.15) is 0 Å². The van der Waals surface area contributed by atoms with Crippen LogP contribution in [-0.2, 0) is 4.79 Å². The Kier molecular flexibility index (Phi) is 4.63. The van der Waals surface area contributed by atoms with E-state index < -0.39 is 11.9 Å². The van der Waals surface area contributed by atoms with Crippen molar-refractivity contribution in [3.63, 3.8) is 0 Å². The van der Waals surface area contributed by atoms with Crippen LogP contribution in [0.15, 0.2) is 24.3 Å². The molecule has 1 amide bonds. The third-order valence-corrected chi connectivity index (χ3v) is 3.64. The molecule has 5 nitrogen and oxygen atoms in total. The lowest BCUT2D eigenvalue weighted by Crippen LogP contribution is -2.52. The number of anilines is 1. The van der Waals surface area contributed by atoms with Crippen molar-refractivity contribution in [1.29, 1.82) is 0 Å². The van der Waals surface area contributed by atoms with Gasteiger partial charge >= 0.3 is 0 Å². The Balaban J connectivity index is 1.85. The van der Waals surface area contributed by atoms with E-state index in [1.54, 1.807) is 0 Å². The van der Waals surface area contributed by atoms with Crippen molar-refractivity contribution in [2.45, 2.75) is 6.04 Å². The average Bonchev–Trinajstić information content (AvgIpc) is 2.40. The smallest absolute Gasteiger partial charge is 0.235 e. The van der Waals surface area contributed by atoms with Crippen LogP contribution in [0, 0.1) is 0 Å². The Labute approximate surface area is 118 Å². The van der Waals surface area contributed by atoms with Crippen LogP contribution in [0.1, 0.15) is 0 Å². The lowest BCUT2D eigenvalue weighted by atomic mass is 10.2. The molecule has 1 aliphatic heterocycles. The molecule has 0 spiro atoms. The molecule has 1 fully saturated rings. The normalized spacial score (nSPS) is 18.3. The maximum absolute atomic E-state index is 10.9. The number of amides is 1. The van der Waals surface area contributed by atoms with Gasteiger partial charge in [0.15, 0.2) is 0 Å². The van der Waals surface area contributed by atoms with E-state index in [4.69, 9.17) is 23.1 Å². The first kappa shape index (κ1) is 14.1. The molecule has 1 saturated heterocycles. The van der Waals surface area contributed by atoms with E-state index in [2.05, 4.69) is 9.80 Å². The fourth-order valence-corrected chi connectivity index (χ4v) is 2.33. The van der Waals surface area contributed by atoms with Gasteiger partial charge in [0.25, 0.3) is 0 Å². The molecule has 4 N–H and O–H groups in total. The largest absolute Gasteiger partial charge is 0.369 e. The monoisotopic (exact) mass is 282 g/mol. The minimum absolute atomic E-state index is 0.444. The van der Waals surface area contributed by atoms with Crippen molar-refractivity contribution in [2.75, 3.05) is 37.6 Å². The predicted molar refractivity (Wildman–Crippen MR) is 77.3 cm³/mol. The Bertz CT molecular complexity index is 429. The van der Waals surface area contributed by atoms with Crippen LogP contribution >= 0.6 is 11.6 Å². The topological polar surface area (TPSA) is 75.6 Å². The minimum atomic E-state index is -0.581. The Morgan fingerprint density at radius 3 is 2.32 bits per heavy atom. The van der Waals surface area contributed by atoms with E-state index in [9.17, 15) is 4.79 Å². The summed E-state index contributed by atoms with van der Waals surface area (Å²) in [6.07, 6.45) is 0. The van der Waals surface area contributed by atoms with Crippen LogP contribution in [0.4, 0.5) is 5.69 Å². The highest BCUT2D eigenvalue weighted by atomic mass is 35.5. The molecule has 0 aliphatic carbocycles. The van der Waals surface area contributed by atoms with Gasteiger partial charge in [0.2, 0.25) is 5.91 Å².